The Bertz CT molecular complexity index is 335. The maximum atomic E-state index is 5.66. The zero-order valence-electron chi connectivity index (χ0n) is 8.22. The number of aromatic nitrogens is 1. The van der Waals surface area contributed by atoms with Crippen LogP contribution in [-0.4, -0.2) is 11.7 Å². The molecular weight excluding hydrogens is 219 g/mol. The Morgan fingerprint density at radius 2 is 2.00 bits per heavy atom. The Morgan fingerprint density at radius 3 is 2.43 bits per heavy atom. The molecule has 0 aliphatic heterocycles. The summed E-state index contributed by atoms with van der Waals surface area (Å²) in [6, 6.07) is 3.31. The first-order valence-electron chi connectivity index (χ1n) is 4.13. The molecule has 0 saturated carbocycles. The fourth-order valence-corrected chi connectivity index (χ4v) is 1.04. The highest BCUT2D eigenvalue weighted by Gasteiger charge is 2.04. The lowest BCUT2D eigenvalue weighted by atomic mass is 10.3. The minimum absolute atomic E-state index is 0.305. The Balaban J connectivity index is 0.000000791. The van der Waals surface area contributed by atoms with Crippen LogP contribution in [0.25, 0.3) is 5.03 Å². The van der Waals surface area contributed by atoms with Gasteiger partial charge in [0.25, 0.3) is 0 Å². The normalized spacial score (nSPS) is 8.57. The molecule has 1 aromatic rings. The van der Waals surface area contributed by atoms with Gasteiger partial charge in [-0.1, -0.05) is 43.6 Å². The van der Waals surface area contributed by atoms with Crippen molar-refractivity contribution < 1.29 is 0 Å². The molecule has 0 unspecified atom stereocenters. The predicted molar refractivity (Wildman–Crippen MR) is 64.7 cm³/mol. The summed E-state index contributed by atoms with van der Waals surface area (Å²) in [5, 5.41) is 0.666. The van der Waals surface area contributed by atoms with E-state index in [1.165, 1.54) is 0 Å². The highest BCUT2D eigenvalue weighted by atomic mass is 35.5. The van der Waals surface area contributed by atoms with Crippen molar-refractivity contribution >= 4 is 40.6 Å². The monoisotopic (exact) mass is 230 g/mol. The van der Waals surface area contributed by atoms with Crippen molar-refractivity contribution in [2.75, 3.05) is 0 Å². The first-order chi connectivity index (χ1) is 6.65. The van der Waals surface area contributed by atoms with Crippen LogP contribution in [0.15, 0.2) is 23.7 Å². The summed E-state index contributed by atoms with van der Waals surface area (Å²) in [5.74, 6) is 0. The minimum atomic E-state index is 0.305. The van der Waals surface area contributed by atoms with E-state index in [1.54, 1.807) is 12.1 Å². The number of hydrogen-bond donors (Lipinski definition) is 0. The molecule has 0 saturated heterocycles. The van der Waals surface area contributed by atoms with Gasteiger partial charge in [-0.15, -0.1) is 0 Å². The zero-order valence-corrected chi connectivity index (χ0v) is 9.73. The maximum Gasteiger partial charge on any atom is 0.129 e. The molecule has 0 bridgehead atoms. The highest BCUT2D eigenvalue weighted by Crippen LogP contribution is 2.26. The number of pyridine rings is 1. The average Bonchev–Trinajstić information content (AvgIpc) is 2.20. The summed E-state index contributed by atoms with van der Waals surface area (Å²) < 4.78 is 0. The largest absolute Gasteiger partial charge is 0.262 e. The first kappa shape index (κ1) is 13.1. The third-order valence-electron chi connectivity index (χ3n) is 1.27. The van der Waals surface area contributed by atoms with E-state index in [2.05, 4.69) is 23.3 Å². The van der Waals surface area contributed by atoms with Crippen molar-refractivity contribution in [1.29, 1.82) is 0 Å². The smallest absolute Gasteiger partial charge is 0.129 e. The topological polar surface area (TPSA) is 25.2 Å². The average molecular weight is 231 g/mol. The van der Waals surface area contributed by atoms with Gasteiger partial charge >= 0.3 is 0 Å². The molecule has 0 fully saturated rings. The second-order valence-corrected chi connectivity index (χ2v) is 2.91. The van der Waals surface area contributed by atoms with Crippen LogP contribution in [-0.2, 0) is 0 Å². The molecule has 0 radical (unpaired) electrons. The van der Waals surface area contributed by atoms with Gasteiger partial charge in [0.05, 0.1) is 10.7 Å². The van der Waals surface area contributed by atoms with E-state index >= 15 is 0 Å². The van der Waals surface area contributed by atoms with Crippen LogP contribution in [0.4, 0.5) is 5.69 Å². The van der Waals surface area contributed by atoms with E-state index in [-0.39, 0.29) is 0 Å². The van der Waals surface area contributed by atoms with Gasteiger partial charge in [0.2, 0.25) is 0 Å². The standard InChI is InChI=1S/C8H6Cl2N2.C2H6/c1-5(9)8-6(11-2)3-4-7(10)12-8;1-2/h3-4H,1-2H2;1-2H3. The Hall–Kier alpha value is -0.860. The van der Waals surface area contributed by atoms with Crippen LogP contribution in [0.2, 0.25) is 5.15 Å². The molecule has 1 aromatic heterocycles. The van der Waals surface area contributed by atoms with E-state index in [9.17, 15) is 0 Å². The number of aliphatic imine (C=N–C) groups is 1. The van der Waals surface area contributed by atoms with Gasteiger partial charge in [-0.05, 0) is 18.9 Å². The SMILES string of the molecule is C=Nc1ccc(Cl)nc1C(=C)Cl.CC. The van der Waals surface area contributed by atoms with Gasteiger partial charge in [-0.3, -0.25) is 4.99 Å². The molecule has 0 amide bonds. The molecule has 76 valence electrons. The lowest BCUT2D eigenvalue weighted by Gasteiger charge is -2.01. The summed E-state index contributed by atoms with van der Waals surface area (Å²) >= 11 is 11.3. The van der Waals surface area contributed by atoms with Crippen molar-refractivity contribution in [3.05, 3.63) is 29.6 Å². The third-order valence-corrected chi connectivity index (χ3v) is 1.66. The summed E-state index contributed by atoms with van der Waals surface area (Å²) in [7, 11) is 0. The fourth-order valence-electron chi connectivity index (χ4n) is 0.755. The van der Waals surface area contributed by atoms with Crippen molar-refractivity contribution in [2.45, 2.75) is 13.8 Å². The van der Waals surface area contributed by atoms with Crippen LogP contribution in [0.5, 0.6) is 0 Å². The molecule has 0 aliphatic carbocycles. The second-order valence-electron chi connectivity index (χ2n) is 2.06. The van der Waals surface area contributed by atoms with Crippen LogP contribution in [0.3, 0.4) is 0 Å². The van der Waals surface area contributed by atoms with Crippen molar-refractivity contribution in [1.82, 2.24) is 4.98 Å². The van der Waals surface area contributed by atoms with Gasteiger partial charge in [-0.2, -0.15) is 0 Å². The highest BCUT2D eigenvalue weighted by molar-refractivity contribution is 6.48. The van der Waals surface area contributed by atoms with E-state index in [0.717, 1.165) is 0 Å². The van der Waals surface area contributed by atoms with Crippen LogP contribution >= 0.6 is 23.2 Å². The number of rotatable bonds is 2. The van der Waals surface area contributed by atoms with E-state index in [4.69, 9.17) is 23.2 Å². The van der Waals surface area contributed by atoms with Gasteiger partial charge in [0, 0.05) is 0 Å². The molecule has 0 spiro atoms. The summed E-state index contributed by atoms with van der Waals surface area (Å²) in [6.45, 7) is 10.9. The maximum absolute atomic E-state index is 5.66. The van der Waals surface area contributed by atoms with Crippen molar-refractivity contribution in [3.8, 4) is 0 Å². The molecule has 0 atom stereocenters. The number of halogens is 2. The lowest BCUT2D eigenvalue weighted by molar-refractivity contribution is 1.27. The number of nitrogens with zero attached hydrogens (tertiary/aromatic N) is 2. The molecule has 0 N–H and O–H groups in total. The predicted octanol–water partition coefficient (Wildman–Crippen LogP) is 4.30. The molecule has 4 heteroatoms. The van der Waals surface area contributed by atoms with Crippen molar-refractivity contribution in [2.24, 2.45) is 4.99 Å². The Labute approximate surface area is 94.3 Å². The molecule has 1 heterocycles. The Kier molecular flexibility index (Phi) is 6.17. The summed E-state index contributed by atoms with van der Waals surface area (Å²) in [4.78, 5) is 7.66. The van der Waals surface area contributed by atoms with Gasteiger partial charge in [0.15, 0.2) is 0 Å². The fraction of sp³-hybridized carbons (Fsp3) is 0.200. The zero-order chi connectivity index (χ0) is 11.1. The minimum Gasteiger partial charge on any atom is -0.262 e. The number of hydrogen-bond acceptors (Lipinski definition) is 2. The van der Waals surface area contributed by atoms with E-state index in [0.29, 0.717) is 21.6 Å². The second kappa shape index (κ2) is 6.57. The van der Waals surface area contributed by atoms with Gasteiger partial charge < -0.3 is 0 Å². The van der Waals surface area contributed by atoms with Gasteiger partial charge in [-0.25, -0.2) is 4.98 Å². The Morgan fingerprint density at radius 1 is 1.43 bits per heavy atom. The van der Waals surface area contributed by atoms with Crippen LogP contribution < -0.4 is 0 Å². The first-order valence-corrected chi connectivity index (χ1v) is 4.89. The quantitative estimate of drug-likeness (QED) is 0.550. The summed E-state index contributed by atoms with van der Waals surface area (Å²) in [5.41, 5.74) is 1.05. The van der Waals surface area contributed by atoms with E-state index < -0.39 is 0 Å². The van der Waals surface area contributed by atoms with Crippen LogP contribution in [0.1, 0.15) is 19.5 Å². The summed E-state index contributed by atoms with van der Waals surface area (Å²) in [6.07, 6.45) is 0. The molecule has 0 aliphatic rings. The molecule has 14 heavy (non-hydrogen) atoms. The van der Waals surface area contributed by atoms with Gasteiger partial charge in [0.1, 0.15) is 10.8 Å². The molecule has 0 aromatic carbocycles. The van der Waals surface area contributed by atoms with E-state index in [1.807, 2.05) is 13.8 Å². The molecule has 2 nitrogen and oxygen atoms in total. The molecular formula is C10H12Cl2N2. The lowest BCUT2D eigenvalue weighted by Crippen LogP contribution is -1.84. The third kappa shape index (κ3) is 3.48. The van der Waals surface area contributed by atoms with Crippen LogP contribution in [0, 0.1) is 0 Å². The molecule has 1 rings (SSSR count). The van der Waals surface area contributed by atoms with Crippen molar-refractivity contribution in [3.63, 3.8) is 0 Å².